The molecule has 1 aliphatic carbocycles. The van der Waals surface area contributed by atoms with Gasteiger partial charge in [-0.05, 0) is 78.4 Å². The number of carbonyl (C=O) groups is 4. The molecule has 6 rings (SSSR count). The summed E-state index contributed by atoms with van der Waals surface area (Å²) in [5, 5.41) is 12.9. The van der Waals surface area contributed by atoms with Crippen LogP contribution < -0.4 is 10.1 Å². The summed E-state index contributed by atoms with van der Waals surface area (Å²) in [6, 6.07) is 20.6. The van der Waals surface area contributed by atoms with E-state index < -0.39 is 40.3 Å². The van der Waals surface area contributed by atoms with Crippen LogP contribution in [0.1, 0.15) is 25.3 Å². The molecule has 2 heterocycles. The maximum Gasteiger partial charge on any atom is 0.513 e. The van der Waals surface area contributed by atoms with Crippen molar-refractivity contribution in [3.8, 4) is 5.75 Å². The van der Waals surface area contributed by atoms with Crippen LogP contribution >= 0.6 is 32.9 Å². The molecule has 51 heavy (non-hydrogen) atoms. The molecule has 2 amide bonds. The largest absolute Gasteiger partial charge is 0.513 e. The summed E-state index contributed by atoms with van der Waals surface area (Å²) in [5.41, 5.74) is 0.711. The molecule has 2 unspecified atom stereocenters. The SMILES string of the molecule is C/C(OC(=O)OCC1CC1)=C(\C(=O)OCc1ccc([N+](=O)[O-])cc1)N1C(=O)C(NC(=O)COc2ccccc2)C1SSc1nc2ccccc2s1. The number of fused-ring (bicyclic) bond motifs is 1. The van der Waals surface area contributed by atoms with E-state index in [0.29, 0.717) is 15.7 Å². The molecule has 1 saturated carbocycles. The predicted octanol–water partition coefficient (Wildman–Crippen LogP) is 6.22. The number of non-ortho nitro benzene ring substituents is 1. The molecule has 2 atom stereocenters. The van der Waals surface area contributed by atoms with Gasteiger partial charge in [0.1, 0.15) is 29.5 Å². The number of nitrogens with one attached hydrogen (secondary N) is 1. The number of hydrogen-bond donors (Lipinski definition) is 1. The number of β-lactam (4-membered cyclic amide) rings is 1. The van der Waals surface area contributed by atoms with Gasteiger partial charge in [0.15, 0.2) is 16.6 Å². The number of rotatable bonds is 15. The molecule has 3 aromatic carbocycles. The average Bonchev–Trinajstić information content (AvgIpc) is 3.88. The Morgan fingerprint density at radius 2 is 1.75 bits per heavy atom. The van der Waals surface area contributed by atoms with Crippen molar-refractivity contribution >= 4 is 72.8 Å². The number of hydrogen-bond acceptors (Lipinski definition) is 14. The van der Waals surface area contributed by atoms with Gasteiger partial charge < -0.3 is 24.3 Å². The number of para-hydroxylation sites is 2. The quantitative estimate of drug-likeness (QED) is 0.0276. The second-order valence-corrected chi connectivity index (χ2v) is 15.0. The van der Waals surface area contributed by atoms with E-state index in [-0.39, 0.29) is 42.9 Å². The van der Waals surface area contributed by atoms with Crippen molar-refractivity contribution in [2.24, 2.45) is 5.92 Å². The van der Waals surface area contributed by atoms with Crippen molar-refractivity contribution < 1.29 is 43.0 Å². The lowest BCUT2D eigenvalue weighted by molar-refractivity contribution is -0.384. The van der Waals surface area contributed by atoms with Crippen molar-refractivity contribution in [3.05, 3.63) is 106 Å². The summed E-state index contributed by atoms with van der Waals surface area (Å²) < 4.78 is 23.3. The van der Waals surface area contributed by atoms with Crippen molar-refractivity contribution in [3.63, 3.8) is 0 Å². The highest BCUT2D eigenvalue weighted by Gasteiger charge is 2.53. The summed E-state index contributed by atoms with van der Waals surface area (Å²) in [7, 11) is 2.42. The first kappa shape index (κ1) is 35.7. The van der Waals surface area contributed by atoms with Crippen molar-refractivity contribution in [2.45, 2.75) is 42.1 Å². The van der Waals surface area contributed by atoms with Crippen molar-refractivity contribution in [1.29, 1.82) is 0 Å². The van der Waals surface area contributed by atoms with Gasteiger partial charge in [-0.25, -0.2) is 14.6 Å². The molecule has 1 aliphatic heterocycles. The summed E-state index contributed by atoms with van der Waals surface area (Å²) in [5.74, 6) is -1.79. The highest BCUT2D eigenvalue weighted by molar-refractivity contribution is 8.77. The van der Waals surface area contributed by atoms with E-state index >= 15 is 0 Å². The van der Waals surface area contributed by atoms with Gasteiger partial charge >= 0.3 is 12.1 Å². The highest BCUT2D eigenvalue weighted by atomic mass is 33.1. The molecule has 1 aromatic heterocycles. The van der Waals surface area contributed by atoms with Crippen LogP contribution in [0.5, 0.6) is 5.75 Å². The molecule has 17 heteroatoms. The number of benzene rings is 3. The minimum absolute atomic E-state index is 0.140. The Morgan fingerprint density at radius 1 is 1.02 bits per heavy atom. The van der Waals surface area contributed by atoms with Crippen LogP contribution in [-0.2, 0) is 35.2 Å². The fraction of sp³-hybridized carbons (Fsp3) is 0.265. The van der Waals surface area contributed by atoms with E-state index in [2.05, 4.69) is 10.3 Å². The standard InChI is InChI=1S/C34H30N4O10S3/c1-20(48-34(42)47-18-21-11-12-21)29(32(41)46-17-22-13-15-23(16-14-22)38(43)44)37-30(40)28(36-27(39)19-45-24-7-3-2-4-8-24)31(37)50-51-33-35-25-9-5-6-10-26(25)49-33/h2-10,13-16,21,28,31H,11-12,17-19H2,1H3,(H,36,39)/b29-20-. The Bertz CT molecular complexity index is 1930. The number of thiazole rings is 1. The maximum absolute atomic E-state index is 13.8. The van der Waals surface area contributed by atoms with E-state index in [9.17, 15) is 29.3 Å². The number of amides is 2. The molecule has 4 aromatic rings. The lowest BCUT2D eigenvalue weighted by Gasteiger charge is -2.46. The van der Waals surface area contributed by atoms with Crippen molar-refractivity contribution in [2.75, 3.05) is 13.2 Å². The number of likely N-dealkylation sites (tertiary alicyclic amines) is 1. The first-order valence-electron chi connectivity index (χ1n) is 15.6. The zero-order valence-electron chi connectivity index (χ0n) is 26.9. The van der Waals surface area contributed by atoms with Crippen LogP contribution in [0.3, 0.4) is 0 Å². The predicted molar refractivity (Wildman–Crippen MR) is 188 cm³/mol. The van der Waals surface area contributed by atoms with Crippen LogP contribution in [0.15, 0.2) is 94.7 Å². The Labute approximate surface area is 303 Å². The lowest BCUT2D eigenvalue weighted by atomic mass is 10.1. The van der Waals surface area contributed by atoms with E-state index in [1.165, 1.54) is 64.1 Å². The monoisotopic (exact) mass is 750 g/mol. The van der Waals surface area contributed by atoms with Crippen LogP contribution in [-0.4, -0.2) is 63.4 Å². The second-order valence-electron chi connectivity index (χ2n) is 11.4. The molecule has 1 saturated heterocycles. The summed E-state index contributed by atoms with van der Waals surface area (Å²) in [6.07, 6.45) is 0.808. The number of nitro groups is 1. The number of nitrogens with zero attached hydrogens (tertiary/aromatic N) is 3. The molecule has 1 N–H and O–H groups in total. The minimum Gasteiger partial charge on any atom is -0.484 e. The summed E-state index contributed by atoms with van der Waals surface area (Å²) in [6.45, 7) is 0.809. The van der Waals surface area contributed by atoms with Gasteiger partial charge in [-0.3, -0.25) is 24.6 Å². The van der Waals surface area contributed by atoms with Gasteiger partial charge in [-0.1, -0.05) is 41.1 Å². The van der Waals surface area contributed by atoms with Gasteiger partial charge in [0, 0.05) is 12.1 Å². The number of allylic oxidation sites excluding steroid dienone is 1. The number of carbonyl (C=O) groups excluding carboxylic acids is 4. The third-order valence-corrected chi connectivity index (χ3v) is 11.6. The topological polar surface area (TPSA) is 176 Å². The fourth-order valence-corrected chi connectivity index (χ4v) is 8.72. The number of esters is 1. The molecule has 2 fully saturated rings. The van der Waals surface area contributed by atoms with E-state index in [0.717, 1.165) is 28.0 Å². The van der Waals surface area contributed by atoms with E-state index in [1.54, 1.807) is 30.3 Å². The zero-order chi connectivity index (χ0) is 35.9. The Morgan fingerprint density at radius 3 is 2.45 bits per heavy atom. The molecule has 0 spiro atoms. The van der Waals surface area contributed by atoms with Crippen LogP contribution in [0, 0.1) is 16.0 Å². The molecular formula is C34H30N4O10S3. The maximum atomic E-state index is 13.8. The second kappa shape index (κ2) is 16.3. The molecule has 0 bridgehead atoms. The smallest absolute Gasteiger partial charge is 0.484 e. The Balaban J connectivity index is 1.24. The molecule has 2 aliphatic rings. The van der Waals surface area contributed by atoms with Crippen LogP contribution in [0.2, 0.25) is 0 Å². The van der Waals surface area contributed by atoms with Gasteiger partial charge in [-0.2, -0.15) is 0 Å². The molecule has 264 valence electrons. The first-order chi connectivity index (χ1) is 24.7. The molecular weight excluding hydrogens is 721 g/mol. The Kier molecular flexibility index (Phi) is 11.4. The first-order valence-corrected chi connectivity index (χ1v) is 18.6. The fourth-order valence-electron chi connectivity index (χ4n) is 4.81. The van der Waals surface area contributed by atoms with Gasteiger partial charge in [0.2, 0.25) is 0 Å². The van der Waals surface area contributed by atoms with Crippen LogP contribution in [0.25, 0.3) is 10.2 Å². The normalized spacial score (nSPS) is 17.2. The third-order valence-electron chi connectivity index (χ3n) is 7.62. The summed E-state index contributed by atoms with van der Waals surface area (Å²) >= 11 is 1.44. The van der Waals surface area contributed by atoms with Gasteiger partial charge in [0.25, 0.3) is 17.5 Å². The molecule has 14 nitrogen and oxygen atoms in total. The van der Waals surface area contributed by atoms with Crippen molar-refractivity contribution in [1.82, 2.24) is 15.2 Å². The van der Waals surface area contributed by atoms with Crippen LogP contribution in [0.4, 0.5) is 10.5 Å². The summed E-state index contributed by atoms with van der Waals surface area (Å²) in [4.78, 5) is 69.4. The number of aromatic nitrogens is 1. The average molecular weight is 751 g/mol. The Hall–Kier alpha value is -5.13. The molecule has 0 radical (unpaired) electrons. The lowest BCUT2D eigenvalue weighted by Crippen LogP contribution is -2.69. The third kappa shape index (κ3) is 9.16. The number of ether oxygens (including phenoxy) is 4. The highest BCUT2D eigenvalue weighted by Crippen LogP contribution is 2.46. The van der Waals surface area contributed by atoms with E-state index in [1.807, 2.05) is 24.3 Å². The number of nitro benzene ring substituents is 1. The van der Waals surface area contributed by atoms with Gasteiger partial charge in [-0.15, -0.1) is 11.3 Å². The minimum atomic E-state index is -1.10. The van der Waals surface area contributed by atoms with Gasteiger partial charge in [0.05, 0.1) is 21.7 Å². The van der Waals surface area contributed by atoms with E-state index in [4.69, 9.17) is 18.9 Å². The zero-order valence-corrected chi connectivity index (χ0v) is 29.4.